The Morgan fingerprint density at radius 1 is 1.69 bits per heavy atom. The van der Waals surface area contributed by atoms with Crippen molar-refractivity contribution >= 4 is 5.97 Å². The van der Waals surface area contributed by atoms with Gasteiger partial charge < -0.3 is 9.84 Å². The molecule has 0 amide bonds. The molecule has 0 aliphatic rings. The standard InChI is InChI=1S/C11H16N2O3/c1-8(9-4-3-5-12-6-9)13-10(7-16-2)11(14)15/h3-6,8,10,13H,7H2,1-2H3,(H,14,15). The van der Waals surface area contributed by atoms with Crippen molar-refractivity contribution in [2.24, 2.45) is 0 Å². The van der Waals surface area contributed by atoms with Crippen LogP contribution in [0.1, 0.15) is 18.5 Å². The molecule has 1 rings (SSSR count). The molecule has 0 aliphatic heterocycles. The highest BCUT2D eigenvalue weighted by molar-refractivity contribution is 5.73. The maximum Gasteiger partial charge on any atom is 0.323 e. The maximum absolute atomic E-state index is 10.9. The highest BCUT2D eigenvalue weighted by Crippen LogP contribution is 2.10. The summed E-state index contributed by atoms with van der Waals surface area (Å²) in [6, 6.07) is 2.93. The number of aromatic nitrogens is 1. The largest absolute Gasteiger partial charge is 0.480 e. The van der Waals surface area contributed by atoms with Crippen LogP contribution in [0.25, 0.3) is 0 Å². The van der Waals surface area contributed by atoms with E-state index in [4.69, 9.17) is 9.84 Å². The van der Waals surface area contributed by atoms with Gasteiger partial charge in [-0.2, -0.15) is 0 Å². The Bertz CT molecular complexity index is 329. The molecule has 0 saturated carbocycles. The van der Waals surface area contributed by atoms with Gasteiger partial charge in [-0.25, -0.2) is 0 Å². The summed E-state index contributed by atoms with van der Waals surface area (Å²) in [7, 11) is 1.48. The lowest BCUT2D eigenvalue weighted by Crippen LogP contribution is -2.41. The fourth-order valence-corrected chi connectivity index (χ4v) is 1.39. The van der Waals surface area contributed by atoms with Crippen molar-refractivity contribution in [2.75, 3.05) is 13.7 Å². The molecule has 0 aromatic carbocycles. The lowest BCUT2D eigenvalue weighted by molar-refractivity contribution is -0.141. The van der Waals surface area contributed by atoms with Gasteiger partial charge in [-0.15, -0.1) is 0 Å². The zero-order valence-corrected chi connectivity index (χ0v) is 9.38. The molecule has 5 heteroatoms. The predicted octanol–water partition coefficient (Wildman–Crippen LogP) is 0.832. The first-order chi connectivity index (χ1) is 7.65. The Hall–Kier alpha value is -1.46. The molecule has 88 valence electrons. The predicted molar refractivity (Wildman–Crippen MR) is 59.1 cm³/mol. The smallest absolute Gasteiger partial charge is 0.323 e. The highest BCUT2D eigenvalue weighted by atomic mass is 16.5. The van der Waals surface area contributed by atoms with Gasteiger partial charge in [-0.05, 0) is 18.6 Å². The van der Waals surface area contributed by atoms with Crippen molar-refractivity contribution in [3.63, 3.8) is 0 Å². The summed E-state index contributed by atoms with van der Waals surface area (Å²) in [5, 5.41) is 11.9. The van der Waals surface area contributed by atoms with Gasteiger partial charge in [0.15, 0.2) is 0 Å². The fraction of sp³-hybridized carbons (Fsp3) is 0.455. The second-order valence-corrected chi connectivity index (χ2v) is 3.52. The van der Waals surface area contributed by atoms with Gasteiger partial charge in [0.2, 0.25) is 0 Å². The van der Waals surface area contributed by atoms with Gasteiger partial charge in [0.25, 0.3) is 0 Å². The van der Waals surface area contributed by atoms with Gasteiger partial charge in [0.1, 0.15) is 6.04 Å². The molecule has 0 saturated heterocycles. The van der Waals surface area contributed by atoms with Gasteiger partial charge in [0, 0.05) is 25.5 Å². The van der Waals surface area contributed by atoms with E-state index >= 15 is 0 Å². The van der Waals surface area contributed by atoms with E-state index < -0.39 is 12.0 Å². The topological polar surface area (TPSA) is 71.5 Å². The van der Waals surface area contributed by atoms with Crippen molar-refractivity contribution < 1.29 is 14.6 Å². The molecular formula is C11H16N2O3. The minimum Gasteiger partial charge on any atom is -0.480 e. The molecule has 1 heterocycles. The maximum atomic E-state index is 10.9. The second kappa shape index (κ2) is 6.19. The number of rotatable bonds is 6. The highest BCUT2D eigenvalue weighted by Gasteiger charge is 2.19. The molecule has 0 spiro atoms. The number of pyridine rings is 1. The molecule has 2 unspecified atom stereocenters. The summed E-state index contributed by atoms with van der Waals surface area (Å²) in [6.45, 7) is 2.03. The van der Waals surface area contributed by atoms with E-state index in [9.17, 15) is 4.79 Å². The van der Waals surface area contributed by atoms with E-state index in [1.165, 1.54) is 7.11 Å². The molecular weight excluding hydrogens is 208 g/mol. The summed E-state index contributed by atoms with van der Waals surface area (Å²) >= 11 is 0. The monoisotopic (exact) mass is 224 g/mol. The summed E-state index contributed by atoms with van der Waals surface area (Å²) < 4.78 is 4.84. The van der Waals surface area contributed by atoms with Gasteiger partial charge in [-0.1, -0.05) is 6.07 Å². The van der Waals surface area contributed by atoms with Crippen LogP contribution in [0.3, 0.4) is 0 Å². The third-order valence-corrected chi connectivity index (χ3v) is 2.27. The Labute approximate surface area is 94.5 Å². The summed E-state index contributed by atoms with van der Waals surface area (Å²) in [5.74, 6) is -0.919. The van der Waals surface area contributed by atoms with Crippen LogP contribution in [0, 0.1) is 0 Å². The van der Waals surface area contributed by atoms with Gasteiger partial charge >= 0.3 is 5.97 Å². The van der Waals surface area contributed by atoms with Crippen LogP contribution in [0.15, 0.2) is 24.5 Å². The minimum absolute atomic E-state index is 0.0788. The first kappa shape index (κ1) is 12.6. The summed E-state index contributed by atoms with van der Waals surface area (Å²) in [6.07, 6.45) is 3.39. The molecule has 0 aliphatic carbocycles. The van der Waals surface area contributed by atoms with Crippen LogP contribution in [0.4, 0.5) is 0 Å². The van der Waals surface area contributed by atoms with Crippen LogP contribution in [-0.4, -0.2) is 35.8 Å². The first-order valence-electron chi connectivity index (χ1n) is 5.03. The van der Waals surface area contributed by atoms with Gasteiger partial charge in [-0.3, -0.25) is 15.1 Å². The van der Waals surface area contributed by atoms with Crippen molar-refractivity contribution in [1.82, 2.24) is 10.3 Å². The molecule has 2 N–H and O–H groups in total. The van der Waals surface area contributed by atoms with Gasteiger partial charge in [0.05, 0.1) is 6.61 Å². The van der Waals surface area contributed by atoms with E-state index in [1.807, 2.05) is 19.1 Å². The molecule has 2 atom stereocenters. The summed E-state index contributed by atoms with van der Waals surface area (Å²) in [4.78, 5) is 14.9. The molecule has 0 radical (unpaired) electrons. The quantitative estimate of drug-likeness (QED) is 0.749. The first-order valence-corrected chi connectivity index (χ1v) is 5.03. The fourth-order valence-electron chi connectivity index (χ4n) is 1.39. The average Bonchev–Trinajstić information content (AvgIpc) is 2.29. The molecule has 1 aromatic rings. The van der Waals surface area contributed by atoms with Crippen LogP contribution in [0.2, 0.25) is 0 Å². The van der Waals surface area contributed by atoms with E-state index in [0.717, 1.165) is 5.56 Å². The zero-order chi connectivity index (χ0) is 12.0. The summed E-state index contributed by atoms with van der Waals surface area (Å²) in [5.41, 5.74) is 0.949. The Kier molecular flexibility index (Phi) is 4.88. The molecule has 0 fully saturated rings. The molecule has 16 heavy (non-hydrogen) atoms. The Morgan fingerprint density at radius 2 is 2.44 bits per heavy atom. The van der Waals surface area contributed by atoms with Crippen molar-refractivity contribution in [2.45, 2.75) is 19.0 Å². The van der Waals surface area contributed by atoms with E-state index in [1.54, 1.807) is 12.4 Å². The Morgan fingerprint density at radius 3 is 2.94 bits per heavy atom. The normalized spacial score (nSPS) is 14.4. The van der Waals surface area contributed by atoms with Crippen LogP contribution in [0.5, 0.6) is 0 Å². The van der Waals surface area contributed by atoms with E-state index in [-0.39, 0.29) is 12.6 Å². The van der Waals surface area contributed by atoms with E-state index in [2.05, 4.69) is 10.3 Å². The lowest BCUT2D eigenvalue weighted by atomic mass is 10.1. The Balaban J connectivity index is 2.61. The average molecular weight is 224 g/mol. The van der Waals surface area contributed by atoms with Crippen molar-refractivity contribution in [3.8, 4) is 0 Å². The number of methoxy groups -OCH3 is 1. The third kappa shape index (κ3) is 3.60. The third-order valence-electron chi connectivity index (χ3n) is 2.27. The number of ether oxygens (including phenoxy) is 1. The SMILES string of the molecule is COCC(NC(C)c1cccnc1)C(=O)O. The number of carbonyl (C=O) groups is 1. The number of aliphatic carboxylic acids is 1. The van der Waals surface area contributed by atoms with Crippen molar-refractivity contribution in [1.29, 1.82) is 0 Å². The molecule has 0 bridgehead atoms. The number of nitrogens with zero attached hydrogens (tertiary/aromatic N) is 1. The zero-order valence-electron chi connectivity index (χ0n) is 9.38. The number of nitrogens with one attached hydrogen (secondary N) is 1. The van der Waals surface area contributed by atoms with Crippen LogP contribution >= 0.6 is 0 Å². The lowest BCUT2D eigenvalue weighted by Gasteiger charge is -2.19. The number of carboxylic acids is 1. The van der Waals surface area contributed by atoms with Crippen LogP contribution < -0.4 is 5.32 Å². The second-order valence-electron chi connectivity index (χ2n) is 3.52. The van der Waals surface area contributed by atoms with Crippen molar-refractivity contribution in [3.05, 3.63) is 30.1 Å². The molecule has 1 aromatic heterocycles. The molecule has 5 nitrogen and oxygen atoms in total. The van der Waals surface area contributed by atoms with E-state index in [0.29, 0.717) is 0 Å². The van der Waals surface area contributed by atoms with Crippen LogP contribution in [-0.2, 0) is 9.53 Å². The number of hydrogen-bond donors (Lipinski definition) is 2. The minimum atomic E-state index is -0.919. The number of hydrogen-bond acceptors (Lipinski definition) is 4. The number of carboxylic acid groups (broad SMARTS) is 1.